The second-order valence-electron chi connectivity index (χ2n) is 16.5. The first-order valence-electron chi connectivity index (χ1n) is 19.7. The van der Waals surface area contributed by atoms with E-state index in [9.17, 15) is 0 Å². The van der Waals surface area contributed by atoms with Crippen LogP contribution in [0.1, 0.15) is 49.9 Å². The zero-order valence-electron chi connectivity index (χ0n) is 32.1. The van der Waals surface area contributed by atoms with Gasteiger partial charge in [-0.1, -0.05) is 161 Å². The summed E-state index contributed by atoms with van der Waals surface area (Å²) in [5.74, 6) is 0. The van der Waals surface area contributed by atoms with E-state index in [-0.39, 0.29) is 10.8 Å². The van der Waals surface area contributed by atoms with E-state index >= 15 is 0 Å². The van der Waals surface area contributed by atoms with Crippen molar-refractivity contribution in [3.63, 3.8) is 0 Å². The maximum Gasteiger partial charge on any atom is 0.136 e. The lowest BCUT2D eigenvalue weighted by Gasteiger charge is -2.31. The van der Waals surface area contributed by atoms with E-state index in [1.807, 2.05) is 12.1 Å². The maximum atomic E-state index is 6.29. The summed E-state index contributed by atoms with van der Waals surface area (Å²) in [7, 11) is 0. The van der Waals surface area contributed by atoms with Crippen molar-refractivity contribution < 1.29 is 4.42 Å². The maximum absolute atomic E-state index is 6.29. The minimum absolute atomic E-state index is 0.0900. The van der Waals surface area contributed by atoms with Crippen LogP contribution in [0.15, 0.2) is 180 Å². The van der Waals surface area contributed by atoms with Crippen LogP contribution >= 0.6 is 0 Å². The molecule has 2 aliphatic carbocycles. The molecule has 9 aromatic rings. The fraction of sp³-hybridized carbons (Fsp3) is 0.111. The number of para-hydroxylation sites is 2. The first kappa shape index (κ1) is 32.8. The largest absolute Gasteiger partial charge is 0.456 e. The molecule has 0 N–H and O–H groups in total. The Labute approximate surface area is 328 Å². The molecule has 0 spiro atoms. The van der Waals surface area contributed by atoms with Gasteiger partial charge in [0.1, 0.15) is 11.2 Å². The Balaban J connectivity index is 1.13. The molecule has 0 saturated carbocycles. The number of hydrogen-bond acceptors (Lipinski definition) is 2. The topological polar surface area (TPSA) is 16.4 Å². The van der Waals surface area contributed by atoms with Crippen LogP contribution in [0.2, 0.25) is 0 Å². The number of anilines is 3. The van der Waals surface area contributed by atoms with Gasteiger partial charge in [-0.3, -0.25) is 0 Å². The van der Waals surface area contributed by atoms with Gasteiger partial charge in [0.25, 0.3) is 0 Å². The minimum Gasteiger partial charge on any atom is -0.456 e. The molecule has 11 rings (SSSR count). The molecule has 2 heteroatoms. The Kier molecular flexibility index (Phi) is 6.98. The molecule has 268 valence electrons. The van der Waals surface area contributed by atoms with Gasteiger partial charge in [-0.2, -0.15) is 0 Å². The Hall–Kier alpha value is -6.64. The fourth-order valence-electron chi connectivity index (χ4n) is 9.91. The van der Waals surface area contributed by atoms with Gasteiger partial charge in [0.15, 0.2) is 0 Å². The van der Waals surface area contributed by atoms with Crippen LogP contribution in [0.25, 0.3) is 66.4 Å². The van der Waals surface area contributed by atoms with Gasteiger partial charge in [-0.15, -0.1) is 0 Å². The highest BCUT2D eigenvalue weighted by Crippen LogP contribution is 2.57. The number of furan rings is 1. The number of benzene rings is 8. The minimum atomic E-state index is -0.123. The third-order valence-corrected chi connectivity index (χ3v) is 12.7. The Bertz CT molecular complexity index is 3030. The van der Waals surface area contributed by atoms with Crippen LogP contribution in [-0.4, -0.2) is 0 Å². The molecule has 0 amide bonds. The van der Waals surface area contributed by atoms with Crippen LogP contribution in [0.5, 0.6) is 0 Å². The predicted molar refractivity (Wildman–Crippen MR) is 234 cm³/mol. The predicted octanol–water partition coefficient (Wildman–Crippen LogP) is 15.0. The van der Waals surface area contributed by atoms with Crippen molar-refractivity contribution in [2.45, 2.75) is 38.5 Å². The molecule has 0 radical (unpaired) electrons. The van der Waals surface area contributed by atoms with Crippen molar-refractivity contribution in [2.24, 2.45) is 0 Å². The molecule has 0 aliphatic heterocycles. The molecule has 0 fully saturated rings. The van der Waals surface area contributed by atoms with E-state index < -0.39 is 0 Å². The summed E-state index contributed by atoms with van der Waals surface area (Å²) < 4.78 is 6.29. The SMILES string of the molecule is CC1(C)c2ccccc2-c2c(-c3ccccc3N(c3ccc(-c4ccc5c(c4)oc4ccccc45)cc3)c3cccc4c3-c3ccccc3C4(C)C)cccc21. The summed E-state index contributed by atoms with van der Waals surface area (Å²) in [5, 5.41) is 2.29. The summed E-state index contributed by atoms with van der Waals surface area (Å²) in [6, 6.07) is 64.6. The van der Waals surface area contributed by atoms with Gasteiger partial charge >= 0.3 is 0 Å². The molecule has 56 heavy (non-hydrogen) atoms. The summed E-state index contributed by atoms with van der Waals surface area (Å²) in [6.07, 6.45) is 0. The molecular weight excluding hydrogens is 679 g/mol. The Morgan fingerprint density at radius 3 is 1.64 bits per heavy atom. The molecule has 8 aromatic carbocycles. The van der Waals surface area contributed by atoms with Crippen molar-refractivity contribution in [3.8, 4) is 44.5 Å². The average Bonchev–Trinajstić information content (AvgIpc) is 3.81. The summed E-state index contributed by atoms with van der Waals surface area (Å²) in [6.45, 7) is 9.44. The van der Waals surface area contributed by atoms with E-state index in [2.05, 4.69) is 196 Å². The standard InChI is InChI=1S/C54H41NO/c1-53(2)43-20-9-5-17-41(43)51-40(19-13-22-45(51)53)37-15-7-11-24-47(37)55(48-25-14-23-46-52(48)42-18-6-10-21-44(42)54(46,3)4)36-30-27-34(28-31-36)35-29-32-39-38-16-8-12-26-49(38)56-50(39)33-35/h5-33H,1-4H3. The molecule has 0 atom stereocenters. The monoisotopic (exact) mass is 719 g/mol. The van der Waals surface area contributed by atoms with Gasteiger partial charge in [-0.05, 0) is 98.1 Å². The fourth-order valence-corrected chi connectivity index (χ4v) is 9.91. The lowest BCUT2D eigenvalue weighted by Crippen LogP contribution is -2.16. The van der Waals surface area contributed by atoms with Gasteiger partial charge in [0.2, 0.25) is 0 Å². The van der Waals surface area contributed by atoms with Crippen LogP contribution in [0.4, 0.5) is 17.1 Å². The van der Waals surface area contributed by atoms with E-state index in [0.29, 0.717) is 0 Å². The molecular formula is C54H41NO. The molecule has 0 unspecified atom stereocenters. The van der Waals surface area contributed by atoms with Crippen molar-refractivity contribution in [3.05, 3.63) is 198 Å². The molecule has 2 nitrogen and oxygen atoms in total. The normalized spacial score (nSPS) is 14.4. The third kappa shape index (κ3) is 4.62. The van der Waals surface area contributed by atoms with Gasteiger partial charge in [-0.25, -0.2) is 0 Å². The van der Waals surface area contributed by atoms with Gasteiger partial charge < -0.3 is 9.32 Å². The highest BCUT2D eigenvalue weighted by atomic mass is 16.3. The second kappa shape index (κ2) is 11.9. The number of fused-ring (bicyclic) bond motifs is 9. The van der Waals surface area contributed by atoms with Crippen LogP contribution < -0.4 is 4.90 Å². The highest BCUT2D eigenvalue weighted by Gasteiger charge is 2.39. The van der Waals surface area contributed by atoms with Crippen LogP contribution in [-0.2, 0) is 10.8 Å². The van der Waals surface area contributed by atoms with Crippen molar-refractivity contribution in [1.82, 2.24) is 0 Å². The van der Waals surface area contributed by atoms with Crippen molar-refractivity contribution in [2.75, 3.05) is 4.90 Å². The molecule has 1 aromatic heterocycles. The average molecular weight is 720 g/mol. The number of nitrogens with zero attached hydrogens (tertiary/aromatic N) is 1. The summed E-state index contributed by atoms with van der Waals surface area (Å²) in [4.78, 5) is 2.50. The lowest BCUT2D eigenvalue weighted by atomic mass is 9.82. The van der Waals surface area contributed by atoms with Crippen LogP contribution in [0, 0.1) is 0 Å². The second-order valence-corrected chi connectivity index (χ2v) is 16.5. The Morgan fingerprint density at radius 1 is 0.375 bits per heavy atom. The highest BCUT2D eigenvalue weighted by molar-refractivity contribution is 6.06. The van der Waals surface area contributed by atoms with E-state index in [1.165, 1.54) is 61.3 Å². The molecule has 1 heterocycles. The molecule has 0 bridgehead atoms. The van der Waals surface area contributed by atoms with Gasteiger partial charge in [0, 0.05) is 38.4 Å². The number of rotatable bonds is 5. The first-order valence-corrected chi connectivity index (χ1v) is 19.7. The number of hydrogen-bond donors (Lipinski definition) is 0. The summed E-state index contributed by atoms with van der Waals surface area (Å²) in [5.41, 5.74) is 20.5. The van der Waals surface area contributed by atoms with Crippen molar-refractivity contribution >= 4 is 39.0 Å². The van der Waals surface area contributed by atoms with Crippen LogP contribution in [0.3, 0.4) is 0 Å². The zero-order chi connectivity index (χ0) is 37.8. The molecule has 0 saturated heterocycles. The van der Waals surface area contributed by atoms with E-state index in [0.717, 1.165) is 44.4 Å². The van der Waals surface area contributed by atoms with E-state index in [1.54, 1.807) is 0 Å². The Morgan fingerprint density at radius 2 is 0.893 bits per heavy atom. The summed E-state index contributed by atoms with van der Waals surface area (Å²) >= 11 is 0. The quantitative estimate of drug-likeness (QED) is 0.176. The van der Waals surface area contributed by atoms with Crippen molar-refractivity contribution in [1.29, 1.82) is 0 Å². The zero-order valence-corrected chi connectivity index (χ0v) is 32.1. The third-order valence-electron chi connectivity index (χ3n) is 12.7. The molecule has 2 aliphatic rings. The smallest absolute Gasteiger partial charge is 0.136 e. The lowest BCUT2D eigenvalue weighted by molar-refractivity contribution is 0.660. The van der Waals surface area contributed by atoms with Gasteiger partial charge in [0.05, 0.1) is 11.4 Å². The first-order chi connectivity index (χ1) is 27.3. The van der Waals surface area contributed by atoms with E-state index in [4.69, 9.17) is 4.42 Å².